The molecule has 6 nitrogen and oxygen atoms in total. The van der Waals surface area contributed by atoms with Gasteiger partial charge >= 0.3 is 0 Å². The van der Waals surface area contributed by atoms with E-state index in [1.807, 2.05) is 35.6 Å². The summed E-state index contributed by atoms with van der Waals surface area (Å²) >= 11 is 0. The van der Waals surface area contributed by atoms with Crippen molar-refractivity contribution in [3.8, 4) is 0 Å². The first kappa shape index (κ1) is 11.8. The zero-order valence-electron chi connectivity index (χ0n) is 10.2. The van der Waals surface area contributed by atoms with E-state index in [0.717, 1.165) is 24.5 Å². The zero-order chi connectivity index (χ0) is 12.3. The number of hydrogen-bond acceptors (Lipinski definition) is 4. The molecule has 92 valence electrons. The minimum absolute atomic E-state index is 0.137. The summed E-state index contributed by atoms with van der Waals surface area (Å²) in [5.74, 6) is 0.942. The second-order valence-corrected chi connectivity index (χ2v) is 4.21. The van der Waals surface area contributed by atoms with E-state index in [1.165, 1.54) is 0 Å². The summed E-state index contributed by atoms with van der Waals surface area (Å²) in [6, 6.07) is 0.137. The van der Waals surface area contributed by atoms with E-state index in [2.05, 4.69) is 15.1 Å². The van der Waals surface area contributed by atoms with Gasteiger partial charge in [-0.1, -0.05) is 0 Å². The van der Waals surface area contributed by atoms with Crippen molar-refractivity contribution in [2.24, 2.45) is 5.73 Å². The molecule has 0 saturated carbocycles. The molecule has 0 aromatic carbocycles. The third-order valence-electron chi connectivity index (χ3n) is 2.54. The van der Waals surface area contributed by atoms with Crippen molar-refractivity contribution in [3.63, 3.8) is 0 Å². The first-order valence-electron chi connectivity index (χ1n) is 5.82. The molecule has 2 N–H and O–H groups in total. The average Bonchev–Trinajstić information content (AvgIpc) is 2.87. The minimum atomic E-state index is 0.137. The summed E-state index contributed by atoms with van der Waals surface area (Å²) in [4.78, 5) is 8.55. The van der Waals surface area contributed by atoms with E-state index < -0.39 is 0 Å². The molecule has 0 fully saturated rings. The fourth-order valence-corrected chi connectivity index (χ4v) is 1.77. The molecule has 1 unspecified atom stereocenters. The Bertz CT molecular complexity index is 470. The standard InChI is InChI=1S/C11H18N6/c1-3-17-11(13-7-15-17)6-16-5-10(14-8-16)4-9(2)12/h5,7-9H,3-4,6,12H2,1-2H3. The summed E-state index contributed by atoms with van der Waals surface area (Å²) < 4.78 is 3.89. The Morgan fingerprint density at radius 3 is 2.94 bits per heavy atom. The van der Waals surface area contributed by atoms with Crippen molar-refractivity contribution in [1.82, 2.24) is 24.3 Å². The van der Waals surface area contributed by atoms with Gasteiger partial charge < -0.3 is 10.3 Å². The molecular formula is C11H18N6. The number of imidazole rings is 1. The lowest BCUT2D eigenvalue weighted by atomic mass is 10.2. The monoisotopic (exact) mass is 234 g/mol. The van der Waals surface area contributed by atoms with Gasteiger partial charge in [0, 0.05) is 25.2 Å². The van der Waals surface area contributed by atoms with E-state index in [9.17, 15) is 0 Å². The maximum atomic E-state index is 5.74. The molecule has 1 atom stereocenters. The number of aromatic nitrogens is 5. The Balaban J connectivity index is 2.06. The Hall–Kier alpha value is -1.69. The summed E-state index contributed by atoms with van der Waals surface area (Å²) in [6.07, 6.45) is 6.20. The average molecular weight is 234 g/mol. The highest BCUT2D eigenvalue weighted by Gasteiger charge is 2.06. The third kappa shape index (κ3) is 2.91. The van der Waals surface area contributed by atoms with Gasteiger partial charge in [-0.05, 0) is 13.8 Å². The van der Waals surface area contributed by atoms with Crippen LogP contribution in [0.25, 0.3) is 0 Å². The Morgan fingerprint density at radius 2 is 2.24 bits per heavy atom. The van der Waals surface area contributed by atoms with Crippen molar-refractivity contribution < 1.29 is 0 Å². The highest BCUT2D eigenvalue weighted by Crippen LogP contribution is 2.03. The molecule has 2 heterocycles. The fraction of sp³-hybridized carbons (Fsp3) is 0.545. The van der Waals surface area contributed by atoms with E-state index in [1.54, 1.807) is 6.33 Å². The summed E-state index contributed by atoms with van der Waals surface area (Å²) in [7, 11) is 0. The zero-order valence-corrected chi connectivity index (χ0v) is 10.2. The molecule has 0 spiro atoms. The molecule has 0 radical (unpaired) electrons. The predicted molar refractivity (Wildman–Crippen MR) is 64.4 cm³/mol. The van der Waals surface area contributed by atoms with Gasteiger partial charge in [-0.15, -0.1) is 0 Å². The van der Waals surface area contributed by atoms with Crippen molar-refractivity contribution in [3.05, 3.63) is 30.4 Å². The molecule has 2 aromatic rings. The van der Waals surface area contributed by atoms with E-state index in [0.29, 0.717) is 6.54 Å². The van der Waals surface area contributed by atoms with Crippen molar-refractivity contribution in [1.29, 1.82) is 0 Å². The number of hydrogen-bond donors (Lipinski definition) is 1. The second kappa shape index (κ2) is 5.09. The maximum absolute atomic E-state index is 5.74. The fourth-order valence-electron chi connectivity index (χ4n) is 1.77. The van der Waals surface area contributed by atoms with Gasteiger partial charge in [0.15, 0.2) is 0 Å². The first-order chi connectivity index (χ1) is 8.19. The molecular weight excluding hydrogens is 216 g/mol. The van der Waals surface area contributed by atoms with E-state index in [4.69, 9.17) is 5.73 Å². The van der Waals surface area contributed by atoms with Crippen LogP contribution in [0.15, 0.2) is 18.9 Å². The van der Waals surface area contributed by atoms with Crippen molar-refractivity contribution >= 4 is 0 Å². The molecule has 0 aliphatic rings. The van der Waals surface area contributed by atoms with Crippen LogP contribution in [0.1, 0.15) is 25.4 Å². The Labute approximate surface area is 100 Å². The van der Waals surface area contributed by atoms with Crippen LogP contribution in [0.4, 0.5) is 0 Å². The molecule has 2 aromatic heterocycles. The smallest absolute Gasteiger partial charge is 0.146 e. The van der Waals surface area contributed by atoms with Crippen LogP contribution >= 0.6 is 0 Å². The van der Waals surface area contributed by atoms with Crippen LogP contribution in [-0.2, 0) is 19.5 Å². The van der Waals surface area contributed by atoms with Gasteiger partial charge in [-0.2, -0.15) is 5.10 Å². The predicted octanol–water partition coefficient (Wildman–Crippen LogP) is 0.432. The molecule has 0 aliphatic heterocycles. The highest BCUT2D eigenvalue weighted by atomic mass is 15.3. The SMILES string of the molecule is CCn1ncnc1Cn1cnc(CC(C)N)c1. The quantitative estimate of drug-likeness (QED) is 0.814. The van der Waals surface area contributed by atoms with Gasteiger partial charge in [0.25, 0.3) is 0 Å². The Kier molecular flexibility index (Phi) is 3.53. The van der Waals surface area contributed by atoms with Gasteiger partial charge in [-0.25, -0.2) is 14.6 Å². The second-order valence-electron chi connectivity index (χ2n) is 4.21. The number of nitrogens with two attached hydrogens (primary N) is 1. The van der Waals surface area contributed by atoms with Crippen LogP contribution in [0.2, 0.25) is 0 Å². The Morgan fingerprint density at radius 1 is 1.41 bits per heavy atom. The van der Waals surface area contributed by atoms with Crippen LogP contribution in [-0.4, -0.2) is 30.4 Å². The number of nitrogens with zero attached hydrogens (tertiary/aromatic N) is 5. The molecule has 6 heteroatoms. The summed E-state index contributed by atoms with van der Waals surface area (Å²) in [5.41, 5.74) is 6.76. The van der Waals surface area contributed by atoms with Gasteiger partial charge in [-0.3, -0.25) is 0 Å². The lowest BCUT2D eigenvalue weighted by Gasteiger charge is -2.03. The molecule has 0 saturated heterocycles. The third-order valence-corrected chi connectivity index (χ3v) is 2.54. The molecule has 0 amide bonds. The lowest BCUT2D eigenvalue weighted by molar-refractivity contribution is 0.591. The molecule has 2 rings (SSSR count). The summed E-state index contributed by atoms with van der Waals surface area (Å²) in [6.45, 7) is 5.55. The first-order valence-corrected chi connectivity index (χ1v) is 5.82. The van der Waals surface area contributed by atoms with Crippen molar-refractivity contribution in [2.45, 2.75) is 39.4 Å². The maximum Gasteiger partial charge on any atom is 0.146 e. The molecule has 17 heavy (non-hydrogen) atoms. The van der Waals surface area contributed by atoms with Crippen LogP contribution in [0.5, 0.6) is 0 Å². The van der Waals surface area contributed by atoms with E-state index >= 15 is 0 Å². The van der Waals surface area contributed by atoms with Gasteiger partial charge in [0.05, 0.1) is 18.6 Å². The lowest BCUT2D eigenvalue weighted by Crippen LogP contribution is -2.17. The number of aryl methyl sites for hydroxylation is 1. The van der Waals surface area contributed by atoms with Crippen LogP contribution < -0.4 is 5.73 Å². The largest absolute Gasteiger partial charge is 0.330 e. The van der Waals surface area contributed by atoms with Gasteiger partial charge in [0.2, 0.25) is 0 Å². The number of rotatable bonds is 5. The van der Waals surface area contributed by atoms with Crippen LogP contribution in [0, 0.1) is 0 Å². The van der Waals surface area contributed by atoms with Gasteiger partial charge in [0.1, 0.15) is 12.2 Å². The van der Waals surface area contributed by atoms with E-state index in [-0.39, 0.29) is 6.04 Å². The molecule has 0 aliphatic carbocycles. The minimum Gasteiger partial charge on any atom is -0.330 e. The topological polar surface area (TPSA) is 74.5 Å². The summed E-state index contributed by atoms with van der Waals surface area (Å²) in [5, 5.41) is 4.14. The highest BCUT2D eigenvalue weighted by molar-refractivity contribution is 5.00. The van der Waals surface area contributed by atoms with Crippen LogP contribution in [0.3, 0.4) is 0 Å². The van der Waals surface area contributed by atoms with Crippen molar-refractivity contribution in [2.75, 3.05) is 0 Å². The normalized spacial score (nSPS) is 12.9. The molecule has 0 bridgehead atoms.